The first-order valence-corrected chi connectivity index (χ1v) is 16.3. The van der Waals surface area contributed by atoms with Crippen LogP contribution in [0.2, 0.25) is 0 Å². The molecular weight excluding hydrogens is 652 g/mol. The number of hydrogen-bond donors (Lipinski definition) is 0. The average Bonchev–Trinajstić information content (AvgIpc) is 3.52. The van der Waals surface area contributed by atoms with E-state index < -0.39 is 61.2 Å². The Morgan fingerprint density at radius 1 is 0.510 bits per heavy atom. The predicted molar refractivity (Wildman–Crippen MR) is 184 cm³/mol. The highest BCUT2D eigenvalue weighted by molar-refractivity contribution is 5.91. The van der Waals surface area contributed by atoms with E-state index in [1.807, 2.05) is 30.3 Å². The number of ether oxygens (including phenoxy) is 6. The van der Waals surface area contributed by atoms with Gasteiger partial charge in [-0.2, -0.15) is 0 Å². The standard InChI is InChI=1S/C41H34O10/c42-37(29-18-8-2-9-19-29)46-27-33(48-38(43)30-20-10-3-11-21-30)34-35(49-39(44)31-22-12-4-13-23-31)36(50-40(45)32-24-14-5-15-25-32)41(51-34)47-26-28-16-6-1-7-17-28/h1-25,33-36,41H,26-27H2/t33-,34+,35+,36-,41-/m1/s1. The van der Waals surface area contributed by atoms with Crippen molar-refractivity contribution in [2.45, 2.75) is 37.3 Å². The van der Waals surface area contributed by atoms with Crippen LogP contribution in [0.4, 0.5) is 0 Å². The van der Waals surface area contributed by atoms with Crippen LogP contribution in [0.3, 0.4) is 0 Å². The molecule has 0 aromatic heterocycles. The van der Waals surface area contributed by atoms with Gasteiger partial charge < -0.3 is 28.4 Å². The fraction of sp³-hybridized carbons (Fsp3) is 0.171. The monoisotopic (exact) mass is 686 g/mol. The smallest absolute Gasteiger partial charge is 0.338 e. The summed E-state index contributed by atoms with van der Waals surface area (Å²) in [5.74, 6) is -2.92. The maximum Gasteiger partial charge on any atom is 0.338 e. The summed E-state index contributed by atoms with van der Waals surface area (Å²) in [5.41, 5.74) is 1.73. The van der Waals surface area contributed by atoms with E-state index in [9.17, 15) is 19.2 Å². The minimum atomic E-state index is -1.39. The summed E-state index contributed by atoms with van der Waals surface area (Å²) in [7, 11) is 0. The van der Waals surface area contributed by atoms with Gasteiger partial charge in [-0.05, 0) is 54.1 Å². The third-order valence-electron chi connectivity index (χ3n) is 7.99. The van der Waals surface area contributed by atoms with Crippen LogP contribution < -0.4 is 0 Å². The summed E-state index contributed by atoms with van der Waals surface area (Å²) < 4.78 is 36.2. The zero-order chi connectivity index (χ0) is 35.4. The topological polar surface area (TPSA) is 124 Å². The molecule has 10 heteroatoms. The van der Waals surface area contributed by atoms with Crippen molar-refractivity contribution >= 4 is 23.9 Å². The Kier molecular flexibility index (Phi) is 11.6. The van der Waals surface area contributed by atoms with E-state index in [2.05, 4.69) is 0 Å². The van der Waals surface area contributed by atoms with Crippen molar-refractivity contribution in [2.75, 3.05) is 6.61 Å². The van der Waals surface area contributed by atoms with E-state index in [-0.39, 0.29) is 28.9 Å². The molecule has 0 radical (unpaired) electrons. The number of rotatable bonds is 13. The van der Waals surface area contributed by atoms with Crippen molar-refractivity contribution in [1.29, 1.82) is 0 Å². The van der Waals surface area contributed by atoms with E-state index in [4.69, 9.17) is 28.4 Å². The van der Waals surface area contributed by atoms with Gasteiger partial charge in [0.15, 0.2) is 24.6 Å². The minimum Gasteiger partial charge on any atom is -0.458 e. The lowest BCUT2D eigenvalue weighted by Crippen LogP contribution is -2.47. The lowest BCUT2D eigenvalue weighted by molar-refractivity contribution is -0.187. The zero-order valence-corrected chi connectivity index (χ0v) is 27.3. The highest BCUT2D eigenvalue weighted by atomic mass is 16.7. The largest absolute Gasteiger partial charge is 0.458 e. The van der Waals surface area contributed by atoms with Gasteiger partial charge >= 0.3 is 23.9 Å². The summed E-state index contributed by atoms with van der Waals surface area (Å²) >= 11 is 0. The van der Waals surface area contributed by atoms with Gasteiger partial charge in [0.1, 0.15) is 12.7 Å². The maximum absolute atomic E-state index is 13.6. The predicted octanol–water partition coefficient (Wildman–Crippen LogP) is 6.46. The Hall–Kier alpha value is -6.10. The van der Waals surface area contributed by atoms with Crippen molar-refractivity contribution in [3.8, 4) is 0 Å². The van der Waals surface area contributed by atoms with Gasteiger partial charge in [0, 0.05) is 0 Å². The Bertz CT molecular complexity index is 1890. The molecule has 51 heavy (non-hydrogen) atoms. The normalized spacial score (nSPS) is 18.6. The Labute approximate surface area is 294 Å². The van der Waals surface area contributed by atoms with Crippen LogP contribution >= 0.6 is 0 Å². The van der Waals surface area contributed by atoms with Crippen molar-refractivity contribution in [3.05, 3.63) is 179 Å². The fourth-order valence-electron chi connectivity index (χ4n) is 5.42. The first-order valence-electron chi connectivity index (χ1n) is 16.3. The van der Waals surface area contributed by atoms with Gasteiger partial charge in [0.05, 0.1) is 28.9 Å². The molecule has 0 saturated carbocycles. The summed E-state index contributed by atoms with van der Waals surface area (Å²) in [6.45, 7) is -0.463. The SMILES string of the molecule is O=C(OC[C@@H](OC(=O)c1ccccc1)[C@@H]1O[C@@H](OCc2ccccc2)[C@H](OC(=O)c2ccccc2)[C@H]1OC(=O)c1ccccc1)c1ccccc1. The van der Waals surface area contributed by atoms with Gasteiger partial charge in [-0.3, -0.25) is 0 Å². The van der Waals surface area contributed by atoms with Crippen LogP contribution in [-0.2, 0) is 35.0 Å². The lowest BCUT2D eigenvalue weighted by atomic mass is 10.0. The van der Waals surface area contributed by atoms with Gasteiger partial charge in [0.25, 0.3) is 0 Å². The van der Waals surface area contributed by atoms with Crippen molar-refractivity contribution in [2.24, 2.45) is 0 Å². The zero-order valence-electron chi connectivity index (χ0n) is 27.3. The molecule has 1 fully saturated rings. The van der Waals surface area contributed by atoms with E-state index >= 15 is 0 Å². The minimum absolute atomic E-state index is 0.0361. The van der Waals surface area contributed by atoms with Crippen LogP contribution in [0.1, 0.15) is 47.0 Å². The Balaban J connectivity index is 1.36. The third kappa shape index (κ3) is 9.13. The molecule has 0 amide bonds. The number of benzene rings is 5. The molecule has 5 aromatic rings. The molecule has 0 bridgehead atoms. The summed E-state index contributed by atoms with van der Waals surface area (Å²) in [4.78, 5) is 53.6. The molecule has 5 aromatic carbocycles. The molecule has 6 rings (SSSR count). The summed E-state index contributed by atoms with van der Waals surface area (Å²) in [6.07, 6.45) is -6.73. The summed E-state index contributed by atoms with van der Waals surface area (Å²) in [5, 5.41) is 0. The molecule has 0 aliphatic carbocycles. The van der Waals surface area contributed by atoms with E-state index in [0.717, 1.165) is 5.56 Å². The van der Waals surface area contributed by atoms with Crippen LogP contribution in [0.15, 0.2) is 152 Å². The third-order valence-corrected chi connectivity index (χ3v) is 7.99. The van der Waals surface area contributed by atoms with E-state index in [0.29, 0.717) is 0 Å². The van der Waals surface area contributed by atoms with Crippen molar-refractivity contribution in [3.63, 3.8) is 0 Å². The highest BCUT2D eigenvalue weighted by Crippen LogP contribution is 2.33. The van der Waals surface area contributed by atoms with Crippen LogP contribution in [0.5, 0.6) is 0 Å². The van der Waals surface area contributed by atoms with E-state index in [1.165, 1.54) is 0 Å². The molecular formula is C41H34O10. The molecule has 258 valence electrons. The molecule has 0 spiro atoms. The number of esters is 4. The Morgan fingerprint density at radius 2 is 0.922 bits per heavy atom. The molecule has 10 nitrogen and oxygen atoms in total. The second-order valence-corrected chi connectivity index (χ2v) is 11.5. The highest BCUT2D eigenvalue weighted by Gasteiger charge is 2.55. The second-order valence-electron chi connectivity index (χ2n) is 11.5. The van der Waals surface area contributed by atoms with E-state index in [1.54, 1.807) is 121 Å². The molecule has 1 aliphatic heterocycles. The van der Waals surface area contributed by atoms with Crippen LogP contribution in [0, 0.1) is 0 Å². The molecule has 1 aliphatic rings. The molecule has 1 saturated heterocycles. The summed E-state index contributed by atoms with van der Waals surface area (Å²) in [6, 6.07) is 42.2. The number of hydrogen-bond acceptors (Lipinski definition) is 10. The molecule has 5 atom stereocenters. The lowest BCUT2D eigenvalue weighted by Gasteiger charge is -2.28. The average molecular weight is 687 g/mol. The van der Waals surface area contributed by atoms with Crippen LogP contribution in [-0.4, -0.2) is 61.2 Å². The van der Waals surface area contributed by atoms with Crippen LogP contribution in [0.25, 0.3) is 0 Å². The Morgan fingerprint density at radius 3 is 1.41 bits per heavy atom. The van der Waals surface area contributed by atoms with Gasteiger partial charge in [-0.25, -0.2) is 19.2 Å². The van der Waals surface area contributed by atoms with Crippen molar-refractivity contribution in [1.82, 2.24) is 0 Å². The molecule has 0 N–H and O–H groups in total. The number of carbonyl (C=O) groups is 4. The quantitative estimate of drug-likeness (QED) is 0.101. The van der Waals surface area contributed by atoms with Gasteiger partial charge in [-0.15, -0.1) is 0 Å². The van der Waals surface area contributed by atoms with Gasteiger partial charge in [-0.1, -0.05) is 103 Å². The second kappa shape index (κ2) is 17.0. The first-order chi connectivity index (χ1) is 25.0. The molecule has 1 heterocycles. The van der Waals surface area contributed by atoms with Gasteiger partial charge in [0.2, 0.25) is 0 Å². The number of carbonyl (C=O) groups excluding carboxylic acids is 4. The fourth-order valence-corrected chi connectivity index (χ4v) is 5.42. The maximum atomic E-state index is 13.6. The van der Waals surface area contributed by atoms with Crippen molar-refractivity contribution < 1.29 is 47.6 Å². The molecule has 0 unspecified atom stereocenters. The first kappa shape index (κ1) is 34.8.